The number of ether oxygens (including phenoxy) is 1. The second-order valence-corrected chi connectivity index (χ2v) is 6.72. The van der Waals surface area contributed by atoms with E-state index in [9.17, 15) is 9.59 Å². The van der Waals surface area contributed by atoms with Gasteiger partial charge in [-0.3, -0.25) is 4.79 Å². The Bertz CT molecular complexity index is 331. The molecule has 1 aliphatic heterocycles. The number of hydrogen-bond donors (Lipinski definition) is 1. The summed E-state index contributed by atoms with van der Waals surface area (Å²) in [5, 5.41) is 2.64. The number of hydrogen-bond acceptors (Lipinski definition) is 3. The van der Waals surface area contributed by atoms with Crippen LogP contribution in [0, 0.1) is 0 Å². The second-order valence-electron chi connectivity index (χ2n) is 6.72. The highest BCUT2D eigenvalue weighted by Gasteiger charge is 2.28. The summed E-state index contributed by atoms with van der Waals surface area (Å²) in [5.41, 5.74) is 0. The summed E-state index contributed by atoms with van der Waals surface area (Å²) in [7, 11) is 0. The van der Waals surface area contributed by atoms with Crippen LogP contribution in [-0.2, 0) is 14.3 Å². The van der Waals surface area contributed by atoms with E-state index < -0.39 is 6.04 Å². The molecule has 1 amide bonds. The molecular formula is C19H35NO3. The van der Waals surface area contributed by atoms with Crippen LogP contribution in [0.5, 0.6) is 0 Å². The van der Waals surface area contributed by atoms with Gasteiger partial charge in [0.2, 0.25) is 5.91 Å². The van der Waals surface area contributed by atoms with Gasteiger partial charge in [-0.25, -0.2) is 4.79 Å². The van der Waals surface area contributed by atoms with E-state index in [-0.39, 0.29) is 11.9 Å². The maximum Gasteiger partial charge on any atom is 0.328 e. The fourth-order valence-electron chi connectivity index (χ4n) is 3.01. The van der Waals surface area contributed by atoms with Crippen molar-refractivity contribution in [3.05, 3.63) is 0 Å². The van der Waals surface area contributed by atoms with Crippen LogP contribution >= 0.6 is 0 Å². The maximum atomic E-state index is 11.7. The van der Waals surface area contributed by atoms with E-state index >= 15 is 0 Å². The maximum absolute atomic E-state index is 11.7. The number of amides is 1. The van der Waals surface area contributed by atoms with Gasteiger partial charge in [0.15, 0.2) is 0 Å². The standard InChI is InChI=1S/C19H35NO3/c1-2-3-4-5-6-7-8-9-10-11-12-13-16-23-19(22)17-14-15-18(21)20-17/h17H,2-16H2,1H3,(H,20,21). The molecule has 0 bridgehead atoms. The van der Waals surface area contributed by atoms with Crippen molar-refractivity contribution in [3.63, 3.8) is 0 Å². The van der Waals surface area contributed by atoms with Gasteiger partial charge in [-0.1, -0.05) is 77.6 Å². The largest absolute Gasteiger partial charge is 0.464 e. The Labute approximate surface area is 141 Å². The molecule has 1 heterocycles. The van der Waals surface area contributed by atoms with E-state index in [0.29, 0.717) is 19.4 Å². The minimum atomic E-state index is -0.403. The van der Waals surface area contributed by atoms with Gasteiger partial charge in [0.25, 0.3) is 0 Å². The molecule has 1 atom stereocenters. The van der Waals surface area contributed by atoms with Crippen LogP contribution in [0.3, 0.4) is 0 Å². The highest BCUT2D eigenvalue weighted by atomic mass is 16.5. The Kier molecular flexibility index (Phi) is 11.6. The summed E-state index contributed by atoms with van der Waals surface area (Å²) in [6, 6.07) is -0.403. The van der Waals surface area contributed by atoms with Crippen molar-refractivity contribution in [2.75, 3.05) is 6.61 Å². The quantitative estimate of drug-likeness (QED) is 0.377. The van der Waals surface area contributed by atoms with Crippen LogP contribution in [0.15, 0.2) is 0 Å². The van der Waals surface area contributed by atoms with E-state index in [4.69, 9.17) is 4.74 Å². The van der Waals surface area contributed by atoms with E-state index in [1.807, 2.05) is 0 Å². The first kappa shape index (κ1) is 20.0. The van der Waals surface area contributed by atoms with E-state index in [1.165, 1.54) is 64.2 Å². The molecule has 0 aromatic carbocycles. The molecule has 1 aliphatic rings. The minimum absolute atomic E-state index is 0.0442. The van der Waals surface area contributed by atoms with Gasteiger partial charge >= 0.3 is 5.97 Å². The van der Waals surface area contributed by atoms with Crippen LogP contribution in [0.1, 0.15) is 96.8 Å². The van der Waals surface area contributed by atoms with E-state index in [1.54, 1.807) is 0 Å². The number of nitrogens with one attached hydrogen (secondary N) is 1. The summed E-state index contributed by atoms with van der Waals surface area (Å²) < 4.78 is 5.21. The molecule has 0 aliphatic carbocycles. The molecule has 0 aromatic heterocycles. The van der Waals surface area contributed by atoms with Crippen LogP contribution in [0.25, 0.3) is 0 Å². The van der Waals surface area contributed by atoms with E-state index in [0.717, 1.165) is 12.8 Å². The smallest absolute Gasteiger partial charge is 0.328 e. The Hall–Kier alpha value is -1.06. The summed E-state index contributed by atoms with van der Waals surface area (Å²) in [4.78, 5) is 22.7. The van der Waals surface area contributed by atoms with Crippen molar-refractivity contribution >= 4 is 11.9 Å². The van der Waals surface area contributed by atoms with Gasteiger partial charge in [0, 0.05) is 6.42 Å². The van der Waals surface area contributed by atoms with Gasteiger partial charge < -0.3 is 10.1 Å². The van der Waals surface area contributed by atoms with Gasteiger partial charge in [-0.2, -0.15) is 0 Å². The molecule has 1 fully saturated rings. The molecule has 4 heteroatoms. The molecular weight excluding hydrogens is 290 g/mol. The predicted octanol–water partition coefficient (Wildman–Crippen LogP) is 4.51. The molecule has 1 unspecified atom stereocenters. The molecule has 23 heavy (non-hydrogen) atoms. The van der Waals surface area contributed by atoms with Crippen molar-refractivity contribution in [2.24, 2.45) is 0 Å². The van der Waals surface area contributed by atoms with Crippen LogP contribution in [0.2, 0.25) is 0 Å². The van der Waals surface area contributed by atoms with Crippen molar-refractivity contribution in [3.8, 4) is 0 Å². The third-order valence-corrected chi connectivity index (χ3v) is 4.52. The lowest BCUT2D eigenvalue weighted by atomic mass is 10.1. The molecule has 0 spiro atoms. The SMILES string of the molecule is CCCCCCCCCCCCCCOC(=O)C1CCC(=O)N1. The Morgan fingerprint density at radius 1 is 0.957 bits per heavy atom. The van der Waals surface area contributed by atoms with Gasteiger partial charge in [0.05, 0.1) is 6.61 Å². The Balaban J connectivity index is 1.78. The molecule has 134 valence electrons. The summed E-state index contributed by atoms with van der Waals surface area (Å²) in [5.74, 6) is -0.309. The first-order chi connectivity index (χ1) is 11.2. The highest BCUT2D eigenvalue weighted by Crippen LogP contribution is 2.12. The third-order valence-electron chi connectivity index (χ3n) is 4.52. The minimum Gasteiger partial charge on any atom is -0.464 e. The lowest BCUT2D eigenvalue weighted by Gasteiger charge is -2.09. The van der Waals surface area contributed by atoms with Crippen molar-refractivity contribution in [2.45, 2.75) is 103 Å². The summed E-state index contributed by atoms with van der Waals surface area (Å²) in [6.07, 6.45) is 16.6. The zero-order valence-electron chi connectivity index (χ0n) is 14.9. The van der Waals surface area contributed by atoms with Crippen molar-refractivity contribution in [1.82, 2.24) is 5.32 Å². The van der Waals surface area contributed by atoms with Gasteiger partial charge in [0.1, 0.15) is 6.04 Å². The highest BCUT2D eigenvalue weighted by molar-refractivity contribution is 5.87. The normalized spacial score (nSPS) is 17.3. The Morgan fingerprint density at radius 2 is 1.48 bits per heavy atom. The fourth-order valence-corrected chi connectivity index (χ4v) is 3.01. The van der Waals surface area contributed by atoms with Gasteiger partial charge in [-0.15, -0.1) is 0 Å². The van der Waals surface area contributed by atoms with E-state index in [2.05, 4.69) is 12.2 Å². The average molecular weight is 325 g/mol. The monoisotopic (exact) mass is 325 g/mol. The van der Waals surface area contributed by atoms with Gasteiger partial charge in [-0.05, 0) is 12.8 Å². The Morgan fingerprint density at radius 3 is 1.96 bits per heavy atom. The molecule has 0 radical (unpaired) electrons. The van der Waals surface area contributed by atoms with Crippen molar-refractivity contribution in [1.29, 1.82) is 0 Å². The van der Waals surface area contributed by atoms with Crippen LogP contribution in [0.4, 0.5) is 0 Å². The molecule has 0 aromatic rings. The molecule has 1 N–H and O–H groups in total. The van der Waals surface area contributed by atoms with Crippen LogP contribution in [-0.4, -0.2) is 24.5 Å². The number of unbranched alkanes of at least 4 members (excludes halogenated alkanes) is 11. The topological polar surface area (TPSA) is 55.4 Å². The summed E-state index contributed by atoms with van der Waals surface area (Å²) >= 11 is 0. The summed E-state index contributed by atoms with van der Waals surface area (Å²) in [6.45, 7) is 2.75. The fraction of sp³-hybridized carbons (Fsp3) is 0.895. The number of carbonyl (C=O) groups is 2. The molecule has 4 nitrogen and oxygen atoms in total. The lowest BCUT2D eigenvalue weighted by Crippen LogP contribution is -2.34. The zero-order valence-corrected chi connectivity index (χ0v) is 14.9. The first-order valence-electron chi connectivity index (χ1n) is 9.70. The van der Waals surface area contributed by atoms with Crippen molar-refractivity contribution < 1.29 is 14.3 Å². The predicted molar refractivity (Wildman–Crippen MR) is 93.2 cm³/mol. The molecule has 1 saturated heterocycles. The average Bonchev–Trinajstić information content (AvgIpc) is 2.98. The second kappa shape index (κ2) is 13.4. The molecule has 1 rings (SSSR count). The first-order valence-corrected chi connectivity index (χ1v) is 9.70. The molecule has 0 saturated carbocycles. The lowest BCUT2D eigenvalue weighted by molar-refractivity contribution is -0.146. The number of esters is 1. The number of carbonyl (C=O) groups excluding carboxylic acids is 2. The number of rotatable bonds is 14. The zero-order chi connectivity index (χ0) is 16.8. The van der Waals surface area contributed by atoms with Crippen LogP contribution < -0.4 is 5.32 Å². The third kappa shape index (κ3) is 10.4.